The van der Waals surface area contributed by atoms with Crippen LogP contribution in [-0.4, -0.2) is 42.3 Å². The Kier molecular flexibility index (Phi) is 5.97. The number of halogens is 3. The maximum absolute atomic E-state index is 13.7. The van der Waals surface area contributed by atoms with E-state index in [-0.39, 0.29) is 12.1 Å². The molecule has 0 aromatic heterocycles. The van der Waals surface area contributed by atoms with Crippen LogP contribution in [0.2, 0.25) is 5.02 Å². The summed E-state index contributed by atoms with van der Waals surface area (Å²) in [6, 6.07) is 8.13. The molecule has 0 saturated carbocycles. The predicted molar refractivity (Wildman–Crippen MR) is 102 cm³/mol. The minimum absolute atomic E-state index is 0.245. The molecule has 2 aromatic carbocycles. The molecule has 0 bridgehead atoms. The van der Waals surface area contributed by atoms with Crippen LogP contribution in [-0.2, 0) is 0 Å². The van der Waals surface area contributed by atoms with E-state index in [2.05, 4.69) is 4.90 Å². The summed E-state index contributed by atoms with van der Waals surface area (Å²) in [5.41, 5.74) is 0.981. The van der Waals surface area contributed by atoms with Gasteiger partial charge in [0.15, 0.2) is 0 Å². The molecule has 4 nitrogen and oxygen atoms in total. The van der Waals surface area contributed by atoms with Gasteiger partial charge in [0, 0.05) is 29.2 Å². The summed E-state index contributed by atoms with van der Waals surface area (Å²) in [6.07, 6.45) is 1.70. The van der Waals surface area contributed by atoms with Crippen LogP contribution >= 0.6 is 11.6 Å². The monoisotopic (exact) mass is 394 g/mol. The fourth-order valence-electron chi connectivity index (χ4n) is 3.63. The minimum atomic E-state index is -1.11. The molecular formula is C20H21ClF2N2O2. The summed E-state index contributed by atoms with van der Waals surface area (Å²) >= 11 is 6.07. The summed E-state index contributed by atoms with van der Waals surface area (Å²) in [7, 11) is 2.03. The number of carboxylic acid groups (broad SMARTS) is 1. The molecule has 1 fully saturated rings. The Bertz CT molecular complexity index is 826. The van der Waals surface area contributed by atoms with Crippen LogP contribution in [0.3, 0.4) is 0 Å². The lowest BCUT2D eigenvalue weighted by molar-refractivity contribution is 0.200. The van der Waals surface area contributed by atoms with Crippen LogP contribution in [0, 0.1) is 11.6 Å². The number of benzene rings is 2. The van der Waals surface area contributed by atoms with E-state index in [0.717, 1.165) is 25.5 Å². The van der Waals surface area contributed by atoms with Crippen LogP contribution in [0.5, 0.6) is 0 Å². The first-order chi connectivity index (χ1) is 12.8. The molecule has 1 aliphatic rings. The number of hydrogen-bond acceptors (Lipinski definition) is 2. The molecule has 1 heterocycles. The molecule has 144 valence electrons. The minimum Gasteiger partial charge on any atom is -0.465 e. The second-order valence-corrected chi connectivity index (χ2v) is 7.26. The Morgan fingerprint density at radius 1 is 1.26 bits per heavy atom. The third-order valence-corrected chi connectivity index (χ3v) is 5.25. The van der Waals surface area contributed by atoms with Gasteiger partial charge in [0.1, 0.15) is 11.6 Å². The van der Waals surface area contributed by atoms with Gasteiger partial charge in [0.05, 0.1) is 5.69 Å². The van der Waals surface area contributed by atoms with E-state index in [1.54, 1.807) is 12.1 Å². The Morgan fingerprint density at radius 2 is 1.96 bits per heavy atom. The first-order valence-corrected chi connectivity index (χ1v) is 9.19. The molecule has 7 heteroatoms. The van der Waals surface area contributed by atoms with Crippen LogP contribution in [0.25, 0.3) is 11.1 Å². The van der Waals surface area contributed by atoms with Gasteiger partial charge in [-0.05, 0) is 68.8 Å². The predicted octanol–water partition coefficient (Wildman–Crippen LogP) is 5.25. The number of rotatable bonds is 5. The van der Waals surface area contributed by atoms with E-state index in [4.69, 9.17) is 11.6 Å². The molecule has 1 amide bonds. The highest BCUT2D eigenvalue weighted by molar-refractivity contribution is 6.31. The maximum Gasteiger partial charge on any atom is 0.411 e. The highest BCUT2D eigenvalue weighted by Gasteiger charge is 2.25. The summed E-state index contributed by atoms with van der Waals surface area (Å²) in [4.78, 5) is 15.4. The van der Waals surface area contributed by atoms with Gasteiger partial charge in [-0.2, -0.15) is 0 Å². The van der Waals surface area contributed by atoms with Gasteiger partial charge in [-0.25, -0.2) is 13.6 Å². The van der Waals surface area contributed by atoms with Crippen LogP contribution in [0.4, 0.5) is 19.3 Å². The van der Waals surface area contributed by atoms with Crippen molar-refractivity contribution in [3.63, 3.8) is 0 Å². The van der Waals surface area contributed by atoms with Gasteiger partial charge in [-0.1, -0.05) is 11.6 Å². The van der Waals surface area contributed by atoms with Crippen molar-refractivity contribution in [2.24, 2.45) is 0 Å². The first kappa shape index (κ1) is 19.6. The highest BCUT2D eigenvalue weighted by Crippen LogP contribution is 2.35. The van der Waals surface area contributed by atoms with Crippen molar-refractivity contribution in [2.45, 2.75) is 25.3 Å². The zero-order valence-corrected chi connectivity index (χ0v) is 15.7. The van der Waals surface area contributed by atoms with Gasteiger partial charge in [0.25, 0.3) is 0 Å². The summed E-state index contributed by atoms with van der Waals surface area (Å²) in [5.74, 6) is -1.46. The number of nitrogens with zero attached hydrogens (tertiary/aromatic N) is 2. The van der Waals surface area contributed by atoms with E-state index in [9.17, 15) is 18.7 Å². The smallest absolute Gasteiger partial charge is 0.411 e. The van der Waals surface area contributed by atoms with Gasteiger partial charge >= 0.3 is 6.09 Å². The van der Waals surface area contributed by atoms with Crippen molar-refractivity contribution >= 4 is 23.4 Å². The van der Waals surface area contributed by atoms with Crippen molar-refractivity contribution in [1.29, 1.82) is 0 Å². The lowest BCUT2D eigenvalue weighted by Crippen LogP contribution is -2.35. The second-order valence-electron chi connectivity index (χ2n) is 6.82. The van der Waals surface area contributed by atoms with Crippen LogP contribution in [0.1, 0.15) is 19.3 Å². The number of hydrogen-bond donors (Lipinski definition) is 1. The van der Waals surface area contributed by atoms with Gasteiger partial charge < -0.3 is 10.0 Å². The third-order valence-electron chi connectivity index (χ3n) is 5.01. The molecule has 1 atom stereocenters. The zero-order valence-electron chi connectivity index (χ0n) is 15.0. The van der Waals surface area contributed by atoms with E-state index >= 15 is 0 Å². The molecule has 3 rings (SSSR count). The largest absolute Gasteiger partial charge is 0.465 e. The Hall–Kier alpha value is -2.18. The molecule has 27 heavy (non-hydrogen) atoms. The van der Waals surface area contributed by atoms with Gasteiger partial charge in [-0.15, -0.1) is 0 Å². The SMILES string of the molecule is CN1CCCC1CCN(C(=O)O)c1ccc(Cl)cc1-c1cc(F)cc(F)c1. The van der Waals surface area contributed by atoms with E-state index in [0.29, 0.717) is 28.7 Å². The second kappa shape index (κ2) is 8.23. The quantitative estimate of drug-likeness (QED) is 0.752. The molecule has 1 aliphatic heterocycles. The molecule has 2 aromatic rings. The number of anilines is 1. The summed E-state index contributed by atoms with van der Waals surface area (Å²) in [6.45, 7) is 1.29. The van der Waals surface area contributed by atoms with Crippen molar-refractivity contribution in [2.75, 3.05) is 25.0 Å². The third kappa shape index (κ3) is 4.57. The zero-order chi connectivity index (χ0) is 19.6. The number of amides is 1. The molecule has 1 saturated heterocycles. The van der Waals surface area contributed by atoms with E-state index in [1.165, 1.54) is 23.1 Å². The Labute approximate surface area is 162 Å². The maximum atomic E-state index is 13.7. The molecular weight excluding hydrogens is 374 g/mol. The first-order valence-electron chi connectivity index (χ1n) is 8.82. The molecule has 0 spiro atoms. The number of carbonyl (C=O) groups is 1. The van der Waals surface area contributed by atoms with Crippen LogP contribution < -0.4 is 4.90 Å². The standard InChI is InChI=1S/C20H21ClF2N2O2/c1-24-7-2-3-17(24)6-8-25(20(26)27)19-5-4-14(21)11-18(19)13-9-15(22)12-16(23)10-13/h4-5,9-12,17H,2-3,6-8H2,1H3,(H,26,27). The van der Waals surface area contributed by atoms with E-state index < -0.39 is 17.7 Å². The van der Waals surface area contributed by atoms with Crippen LogP contribution in [0.15, 0.2) is 36.4 Å². The lowest BCUT2D eigenvalue weighted by Gasteiger charge is -2.26. The topological polar surface area (TPSA) is 43.8 Å². The van der Waals surface area contributed by atoms with Crippen molar-refractivity contribution in [3.8, 4) is 11.1 Å². The van der Waals surface area contributed by atoms with Gasteiger partial charge in [0.2, 0.25) is 0 Å². The molecule has 0 aliphatic carbocycles. The average molecular weight is 395 g/mol. The van der Waals surface area contributed by atoms with Crippen molar-refractivity contribution in [3.05, 3.63) is 53.1 Å². The lowest BCUT2D eigenvalue weighted by atomic mass is 10.0. The fraction of sp³-hybridized carbons (Fsp3) is 0.350. The van der Waals surface area contributed by atoms with E-state index in [1.807, 2.05) is 7.05 Å². The van der Waals surface area contributed by atoms with Crippen molar-refractivity contribution < 1.29 is 18.7 Å². The normalized spacial score (nSPS) is 17.3. The fourth-order valence-corrected chi connectivity index (χ4v) is 3.80. The number of likely N-dealkylation sites (tertiary alicyclic amines) is 1. The molecule has 1 N–H and O–H groups in total. The van der Waals surface area contributed by atoms with Gasteiger partial charge in [-0.3, -0.25) is 4.90 Å². The average Bonchev–Trinajstić information content (AvgIpc) is 3.00. The Morgan fingerprint density at radius 3 is 2.56 bits per heavy atom. The Balaban J connectivity index is 1.96. The highest BCUT2D eigenvalue weighted by atomic mass is 35.5. The van der Waals surface area contributed by atoms with Crippen molar-refractivity contribution in [1.82, 2.24) is 4.90 Å². The summed E-state index contributed by atoms with van der Waals surface area (Å²) < 4.78 is 27.4. The summed E-state index contributed by atoms with van der Waals surface area (Å²) in [5, 5.41) is 10.1. The molecule has 0 radical (unpaired) electrons. The molecule has 1 unspecified atom stereocenters.